The summed E-state index contributed by atoms with van der Waals surface area (Å²) in [7, 11) is 1.62. The summed E-state index contributed by atoms with van der Waals surface area (Å²) >= 11 is 0. The number of carbonyl (C=O) groups excluding carboxylic acids is 1. The van der Waals surface area contributed by atoms with Crippen LogP contribution in [0, 0.1) is 6.92 Å². The molecule has 0 atom stereocenters. The van der Waals surface area contributed by atoms with Gasteiger partial charge >= 0.3 is 0 Å². The van der Waals surface area contributed by atoms with Crippen molar-refractivity contribution in [1.29, 1.82) is 0 Å². The molecule has 122 valence electrons. The highest BCUT2D eigenvalue weighted by atomic mass is 16.5. The molecule has 0 saturated heterocycles. The van der Waals surface area contributed by atoms with Crippen LogP contribution in [0.5, 0.6) is 5.75 Å². The van der Waals surface area contributed by atoms with E-state index in [9.17, 15) is 4.79 Å². The second-order valence-electron chi connectivity index (χ2n) is 5.51. The minimum absolute atomic E-state index is 0.181. The SMILES string of the molecule is COc1cccc(-c2cc(C(=O)NCc3ccccc3C)[nH]n2)c1. The van der Waals surface area contributed by atoms with E-state index < -0.39 is 0 Å². The van der Waals surface area contributed by atoms with E-state index in [2.05, 4.69) is 15.5 Å². The van der Waals surface area contributed by atoms with E-state index in [4.69, 9.17) is 4.74 Å². The van der Waals surface area contributed by atoms with E-state index in [-0.39, 0.29) is 5.91 Å². The van der Waals surface area contributed by atoms with Crippen molar-refractivity contribution in [3.8, 4) is 17.0 Å². The number of rotatable bonds is 5. The molecule has 24 heavy (non-hydrogen) atoms. The first-order valence-corrected chi connectivity index (χ1v) is 7.70. The molecule has 3 aromatic rings. The molecule has 0 fully saturated rings. The fourth-order valence-corrected chi connectivity index (χ4v) is 2.45. The molecule has 5 heteroatoms. The molecule has 0 aliphatic heterocycles. The first-order chi connectivity index (χ1) is 11.7. The number of carbonyl (C=O) groups is 1. The molecule has 0 bridgehead atoms. The number of nitrogens with zero attached hydrogens (tertiary/aromatic N) is 1. The van der Waals surface area contributed by atoms with Gasteiger partial charge in [0.25, 0.3) is 5.91 Å². The molecule has 2 aromatic carbocycles. The predicted molar refractivity (Wildman–Crippen MR) is 92.9 cm³/mol. The maximum atomic E-state index is 12.3. The van der Waals surface area contributed by atoms with Gasteiger partial charge in [0.2, 0.25) is 0 Å². The molecule has 0 aliphatic rings. The van der Waals surface area contributed by atoms with Gasteiger partial charge in [0, 0.05) is 12.1 Å². The van der Waals surface area contributed by atoms with Crippen molar-refractivity contribution in [2.24, 2.45) is 0 Å². The van der Waals surface area contributed by atoms with Gasteiger partial charge in [-0.05, 0) is 36.2 Å². The molecule has 0 saturated carbocycles. The number of aromatic amines is 1. The summed E-state index contributed by atoms with van der Waals surface area (Å²) in [6.45, 7) is 2.51. The zero-order valence-corrected chi connectivity index (χ0v) is 13.7. The van der Waals surface area contributed by atoms with Crippen LogP contribution in [0.1, 0.15) is 21.6 Å². The topological polar surface area (TPSA) is 67.0 Å². The van der Waals surface area contributed by atoms with Crippen molar-refractivity contribution in [2.45, 2.75) is 13.5 Å². The van der Waals surface area contributed by atoms with Crippen LogP contribution in [0.3, 0.4) is 0 Å². The zero-order valence-electron chi connectivity index (χ0n) is 13.7. The van der Waals surface area contributed by atoms with Crippen LogP contribution >= 0.6 is 0 Å². The van der Waals surface area contributed by atoms with E-state index >= 15 is 0 Å². The Morgan fingerprint density at radius 1 is 1.17 bits per heavy atom. The number of aromatic nitrogens is 2. The summed E-state index contributed by atoms with van der Waals surface area (Å²) in [6.07, 6.45) is 0. The van der Waals surface area contributed by atoms with E-state index in [1.54, 1.807) is 13.2 Å². The molecule has 0 spiro atoms. The third-order valence-electron chi connectivity index (χ3n) is 3.89. The summed E-state index contributed by atoms with van der Waals surface area (Å²) in [6, 6.07) is 17.3. The average Bonchev–Trinajstić information content (AvgIpc) is 3.11. The van der Waals surface area contributed by atoms with Crippen molar-refractivity contribution in [2.75, 3.05) is 7.11 Å². The van der Waals surface area contributed by atoms with E-state index in [0.29, 0.717) is 17.9 Å². The van der Waals surface area contributed by atoms with Gasteiger partial charge in [0.05, 0.1) is 12.8 Å². The number of ether oxygens (including phenoxy) is 1. The Balaban J connectivity index is 1.70. The predicted octanol–water partition coefficient (Wildman–Crippen LogP) is 3.32. The normalized spacial score (nSPS) is 10.4. The van der Waals surface area contributed by atoms with Crippen LogP contribution < -0.4 is 10.1 Å². The second-order valence-corrected chi connectivity index (χ2v) is 5.51. The van der Waals surface area contributed by atoms with Crippen molar-refractivity contribution >= 4 is 5.91 Å². The number of aryl methyl sites for hydroxylation is 1. The fourth-order valence-electron chi connectivity index (χ4n) is 2.45. The lowest BCUT2D eigenvalue weighted by atomic mass is 10.1. The van der Waals surface area contributed by atoms with Gasteiger partial charge in [-0.3, -0.25) is 9.89 Å². The van der Waals surface area contributed by atoms with Gasteiger partial charge in [-0.15, -0.1) is 0 Å². The average molecular weight is 321 g/mol. The lowest BCUT2D eigenvalue weighted by Gasteiger charge is -2.06. The zero-order chi connectivity index (χ0) is 16.9. The number of methoxy groups -OCH3 is 1. The minimum atomic E-state index is -0.181. The Labute approximate surface area is 140 Å². The number of amides is 1. The minimum Gasteiger partial charge on any atom is -0.497 e. The van der Waals surface area contributed by atoms with Gasteiger partial charge in [0.1, 0.15) is 11.4 Å². The van der Waals surface area contributed by atoms with Crippen LogP contribution in [0.15, 0.2) is 54.6 Å². The number of H-pyrrole nitrogens is 1. The first kappa shape index (κ1) is 15.8. The van der Waals surface area contributed by atoms with E-state index in [1.807, 2.05) is 55.5 Å². The van der Waals surface area contributed by atoms with Crippen molar-refractivity contribution in [3.63, 3.8) is 0 Å². The molecule has 2 N–H and O–H groups in total. The van der Waals surface area contributed by atoms with Crippen LogP contribution in [0.4, 0.5) is 0 Å². The summed E-state index contributed by atoms with van der Waals surface area (Å²) < 4.78 is 5.21. The molecular formula is C19H19N3O2. The third kappa shape index (κ3) is 3.46. The number of hydrogen-bond donors (Lipinski definition) is 2. The van der Waals surface area contributed by atoms with Gasteiger partial charge in [-0.25, -0.2) is 0 Å². The molecular weight excluding hydrogens is 302 g/mol. The highest BCUT2D eigenvalue weighted by molar-refractivity contribution is 5.93. The molecule has 0 unspecified atom stereocenters. The second kappa shape index (κ2) is 7.00. The Hall–Kier alpha value is -3.08. The van der Waals surface area contributed by atoms with Crippen LogP contribution in [-0.4, -0.2) is 23.2 Å². The number of nitrogens with one attached hydrogen (secondary N) is 2. The molecule has 1 amide bonds. The summed E-state index contributed by atoms with van der Waals surface area (Å²) in [5.41, 5.74) is 4.28. The molecule has 0 aliphatic carbocycles. The highest BCUT2D eigenvalue weighted by Crippen LogP contribution is 2.22. The Bertz CT molecular complexity index is 855. The Morgan fingerprint density at radius 2 is 2.00 bits per heavy atom. The molecule has 3 rings (SSSR count). The van der Waals surface area contributed by atoms with Crippen LogP contribution in [-0.2, 0) is 6.54 Å². The first-order valence-electron chi connectivity index (χ1n) is 7.70. The quantitative estimate of drug-likeness (QED) is 0.757. The number of benzene rings is 2. The number of hydrogen-bond acceptors (Lipinski definition) is 3. The molecule has 1 heterocycles. The molecule has 5 nitrogen and oxygen atoms in total. The van der Waals surface area contributed by atoms with E-state index in [0.717, 1.165) is 22.4 Å². The van der Waals surface area contributed by atoms with Gasteiger partial charge in [-0.2, -0.15) is 5.10 Å². The van der Waals surface area contributed by atoms with Gasteiger partial charge in [0.15, 0.2) is 0 Å². The van der Waals surface area contributed by atoms with Gasteiger partial charge < -0.3 is 10.1 Å². The van der Waals surface area contributed by atoms with Crippen molar-refractivity contribution in [3.05, 3.63) is 71.4 Å². The summed E-state index contributed by atoms with van der Waals surface area (Å²) in [4.78, 5) is 12.3. The van der Waals surface area contributed by atoms with Crippen LogP contribution in [0.25, 0.3) is 11.3 Å². The monoisotopic (exact) mass is 321 g/mol. The fraction of sp³-hybridized carbons (Fsp3) is 0.158. The molecule has 1 aromatic heterocycles. The lowest BCUT2D eigenvalue weighted by molar-refractivity contribution is 0.0946. The van der Waals surface area contributed by atoms with Crippen molar-refractivity contribution < 1.29 is 9.53 Å². The standard InChI is InChI=1S/C19H19N3O2/c1-13-6-3-4-7-15(13)12-20-19(23)18-11-17(21-22-18)14-8-5-9-16(10-14)24-2/h3-11H,12H2,1-2H3,(H,20,23)(H,21,22). The van der Waals surface area contributed by atoms with Gasteiger partial charge in [-0.1, -0.05) is 36.4 Å². The third-order valence-corrected chi connectivity index (χ3v) is 3.89. The Morgan fingerprint density at radius 3 is 2.79 bits per heavy atom. The summed E-state index contributed by atoms with van der Waals surface area (Å²) in [5.74, 6) is 0.570. The van der Waals surface area contributed by atoms with E-state index in [1.165, 1.54) is 0 Å². The summed E-state index contributed by atoms with van der Waals surface area (Å²) in [5, 5.41) is 9.91. The Kier molecular flexibility index (Phi) is 4.61. The molecule has 0 radical (unpaired) electrons. The van der Waals surface area contributed by atoms with Crippen LogP contribution in [0.2, 0.25) is 0 Å². The smallest absolute Gasteiger partial charge is 0.269 e. The highest BCUT2D eigenvalue weighted by Gasteiger charge is 2.11. The van der Waals surface area contributed by atoms with Crippen molar-refractivity contribution in [1.82, 2.24) is 15.5 Å². The maximum Gasteiger partial charge on any atom is 0.269 e. The largest absolute Gasteiger partial charge is 0.497 e. The maximum absolute atomic E-state index is 12.3. The lowest BCUT2D eigenvalue weighted by Crippen LogP contribution is -2.23.